The van der Waals surface area contributed by atoms with E-state index in [1.54, 1.807) is 6.08 Å². The zero-order chi connectivity index (χ0) is 43.6. The number of nitrogens with one attached hydrogen (secondary N) is 1. The summed E-state index contributed by atoms with van der Waals surface area (Å²) < 4.78 is 23.6. The summed E-state index contributed by atoms with van der Waals surface area (Å²) in [6.07, 6.45) is 53.3. The summed E-state index contributed by atoms with van der Waals surface area (Å²) in [6.45, 7) is 4.78. The highest BCUT2D eigenvalue weighted by molar-refractivity contribution is 7.47. The number of rotatable bonds is 44. The summed E-state index contributed by atoms with van der Waals surface area (Å²) in [7, 11) is 1.54. The zero-order valence-electron chi connectivity index (χ0n) is 39.2. The highest BCUT2D eigenvalue weighted by Gasteiger charge is 2.27. The number of quaternary nitrogens is 1. The van der Waals surface area contributed by atoms with E-state index in [-0.39, 0.29) is 19.1 Å². The molecule has 0 aromatic carbocycles. The third-order valence-corrected chi connectivity index (χ3v) is 11.7. The van der Waals surface area contributed by atoms with E-state index < -0.39 is 20.0 Å². The summed E-state index contributed by atoms with van der Waals surface area (Å²) in [5.41, 5.74) is 0. The summed E-state index contributed by atoms with van der Waals surface area (Å²) in [5, 5.41) is 13.8. The minimum absolute atomic E-state index is 0.0519. The van der Waals surface area contributed by atoms with E-state index in [9.17, 15) is 19.4 Å². The van der Waals surface area contributed by atoms with Crippen LogP contribution in [-0.4, -0.2) is 73.4 Å². The predicted molar refractivity (Wildman–Crippen MR) is 254 cm³/mol. The van der Waals surface area contributed by atoms with Gasteiger partial charge in [0.15, 0.2) is 0 Å². The zero-order valence-corrected chi connectivity index (χ0v) is 40.1. The molecule has 346 valence electrons. The second-order valence-corrected chi connectivity index (χ2v) is 19.3. The molecule has 0 rings (SSSR count). The number of nitrogens with zero attached hydrogens (tertiary/aromatic N) is 1. The van der Waals surface area contributed by atoms with Gasteiger partial charge in [-0.2, -0.15) is 0 Å². The first-order chi connectivity index (χ1) is 28.5. The Kier molecular flexibility index (Phi) is 40.7. The Labute approximate surface area is 365 Å². The van der Waals surface area contributed by atoms with Gasteiger partial charge in [0, 0.05) is 6.42 Å². The van der Waals surface area contributed by atoms with Crippen molar-refractivity contribution in [2.75, 3.05) is 40.9 Å². The van der Waals surface area contributed by atoms with Gasteiger partial charge in [0.05, 0.1) is 39.9 Å². The van der Waals surface area contributed by atoms with Crippen molar-refractivity contribution in [3.05, 3.63) is 48.6 Å². The second kappa shape index (κ2) is 41.8. The highest BCUT2D eigenvalue weighted by Crippen LogP contribution is 2.43. The first-order valence-electron chi connectivity index (χ1n) is 24.5. The molecule has 0 fully saturated rings. The van der Waals surface area contributed by atoms with Crippen molar-refractivity contribution in [1.29, 1.82) is 0 Å². The van der Waals surface area contributed by atoms with Crippen LogP contribution in [0.1, 0.15) is 213 Å². The lowest BCUT2D eigenvalue weighted by Gasteiger charge is -2.25. The van der Waals surface area contributed by atoms with Gasteiger partial charge in [-0.25, -0.2) is 4.57 Å². The molecule has 8 nitrogen and oxygen atoms in total. The van der Waals surface area contributed by atoms with Crippen LogP contribution in [0.2, 0.25) is 0 Å². The van der Waals surface area contributed by atoms with E-state index in [4.69, 9.17) is 9.05 Å². The number of phosphoric ester groups is 1. The number of carbonyl (C=O) groups is 1. The molecule has 3 atom stereocenters. The molecule has 0 heterocycles. The smallest absolute Gasteiger partial charge is 0.387 e. The van der Waals surface area contributed by atoms with Gasteiger partial charge >= 0.3 is 7.82 Å². The van der Waals surface area contributed by atoms with Crippen molar-refractivity contribution < 1.29 is 32.9 Å². The fraction of sp³-hybridized carbons (Fsp3) is 0.820. The Balaban J connectivity index is 4.44. The lowest BCUT2D eigenvalue weighted by atomic mass is 10.1. The number of hydrogen-bond acceptors (Lipinski definition) is 5. The molecule has 3 unspecified atom stereocenters. The second-order valence-electron chi connectivity index (χ2n) is 17.8. The van der Waals surface area contributed by atoms with Gasteiger partial charge in [-0.1, -0.05) is 184 Å². The molecule has 0 aliphatic carbocycles. The molecule has 0 bridgehead atoms. The molecule has 0 aromatic heterocycles. The molecule has 0 aromatic rings. The fourth-order valence-electron chi connectivity index (χ4n) is 6.83. The summed E-state index contributed by atoms with van der Waals surface area (Å²) in [5.74, 6) is -0.196. The molecule has 0 aliphatic heterocycles. The number of allylic oxidation sites excluding steroid dienone is 7. The molecule has 0 spiro atoms. The van der Waals surface area contributed by atoms with Crippen LogP contribution in [0.4, 0.5) is 0 Å². The van der Waals surface area contributed by atoms with Crippen molar-refractivity contribution in [1.82, 2.24) is 5.32 Å². The van der Waals surface area contributed by atoms with Gasteiger partial charge in [0.1, 0.15) is 13.2 Å². The molecule has 59 heavy (non-hydrogen) atoms. The van der Waals surface area contributed by atoms with Gasteiger partial charge in [-0.3, -0.25) is 13.8 Å². The van der Waals surface area contributed by atoms with E-state index in [1.165, 1.54) is 148 Å². The molecular weight excluding hydrogens is 756 g/mol. The van der Waals surface area contributed by atoms with Crippen LogP contribution < -0.4 is 5.32 Å². The number of unbranched alkanes of at least 4 members (excludes halogenated alkanes) is 25. The van der Waals surface area contributed by atoms with Crippen LogP contribution >= 0.6 is 7.82 Å². The number of aliphatic hydroxyl groups is 1. The number of aliphatic hydroxyl groups excluding tert-OH is 1. The summed E-state index contributed by atoms with van der Waals surface area (Å²) in [6, 6.07) is -0.872. The van der Waals surface area contributed by atoms with Crippen LogP contribution in [0, 0.1) is 0 Å². The molecule has 0 radical (unpaired) electrons. The van der Waals surface area contributed by atoms with Crippen molar-refractivity contribution in [2.24, 2.45) is 0 Å². The lowest BCUT2D eigenvalue weighted by Crippen LogP contribution is -2.45. The van der Waals surface area contributed by atoms with Crippen molar-refractivity contribution in [3.63, 3.8) is 0 Å². The molecule has 9 heteroatoms. The van der Waals surface area contributed by atoms with Crippen molar-refractivity contribution >= 4 is 13.7 Å². The summed E-state index contributed by atoms with van der Waals surface area (Å²) >= 11 is 0. The minimum Gasteiger partial charge on any atom is -0.387 e. The maximum atomic E-state index is 12.9. The summed E-state index contributed by atoms with van der Waals surface area (Å²) in [4.78, 5) is 23.2. The largest absolute Gasteiger partial charge is 0.472 e. The van der Waals surface area contributed by atoms with E-state index in [0.717, 1.165) is 44.9 Å². The van der Waals surface area contributed by atoms with Crippen LogP contribution in [0.3, 0.4) is 0 Å². The molecule has 0 aliphatic rings. The standard InChI is InChI=1S/C50H95N2O6P/c1-6-8-10-12-14-16-18-20-22-24-26-28-30-32-34-36-38-40-42-44-50(54)51-48(47-58-59(55,56)57-46-45-52(3,4)5)49(53)43-41-39-37-35-33-31-29-27-25-23-21-19-17-15-13-11-9-7-2/h24-27,33,35,41,43,48-49,53H,6-23,28-32,34,36-40,42,44-47H2,1-5H3,(H-,51,54,55,56)/p+1/b26-24-,27-25+,35-33+,43-41+. The molecule has 3 N–H and O–H groups in total. The molecule has 0 saturated carbocycles. The maximum absolute atomic E-state index is 12.9. The van der Waals surface area contributed by atoms with E-state index >= 15 is 0 Å². The van der Waals surface area contributed by atoms with E-state index in [2.05, 4.69) is 55.6 Å². The monoisotopic (exact) mass is 852 g/mol. The Bertz CT molecular complexity index is 1100. The Hall–Kier alpha value is -1.54. The average molecular weight is 852 g/mol. The molecule has 0 saturated heterocycles. The van der Waals surface area contributed by atoms with Crippen LogP contribution in [0.5, 0.6) is 0 Å². The van der Waals surface area contributed by atoms with E-state index in [1.807, 2.05) is 27.2 Å². The maximum Gasteiger partial charge on any atom is 0.472 e. The third-order valence-electron chi connectivity index (χ3n) is 10.7. The fourth-order valence-corrected chi connectivity index (χ4v) is 7.57. The number of hydrogen-bond donors (Lipinski definition) is 3. The first kappa shape index (κ1) is 57.5. The van der Waals surface area contributed by atoms with Crippen LogP contribution in [0.25, 0.3) is 0 Å². The lowest BCUT2D eigenvalue weighted by molar-refractivity contribution is -0.870. The Morgan fingerprint density at radius 2 is 0.932 bits per heavy atom. The van der Waals surface area contributed by atoms with Crippen LogP contribution in [0.15, 0.2) is 48.6 Å². The van der Waals surface area contributed by atoms with Gasteiger partial charge < -0.3 is 19.8 Å². The van der Waals surface area contributed by atoms with Crippen LogP contribution in [-0.2, 0) is 18.4 Å². The topological polar surface area (TPSA) is 105 Å². The first-order valence-corrected chi connectivity index (χ1v) is 26.0. The quantitative estimate of drug-likeness (QED) is 0.0244. The van der Waals surface area contributed by atoms with Gasteiger partial charge in [-0.15, -0.1) is 0 Å². The predicted octanol–water partition coefficient (Wildman–Crippen LogP) is 14.0. The third kappa shape index (κ3) is 44.3. The normalized spacial score (nSPS) is 14.6. The Morgan fingerprint density at radius 1 is 0.559 bits per heavy atom. The van der Waals surface area contributed by atoms with Gasteiger partial charge in [0.2, 0.25) is 5.91 Å². The highest BCUT2D eigenvalue weighted by atomic mass is 31.2. The van der Waals surface area contributed by atoms with Crippen molar-refractivity contribution in [2.45, 2.75) is 225 Å². The van der Waals surface area contributed by atoms with E-state index in [0.29, 0.717) is 17.4 Å². The number of likely N-dealkylation sites (N-methyl/N-ethyl adjacent to an activating group) is 1. The number of amides is 1. The average Bonchev–Trinajstić information content (AvgIpc) is 3.19. The Morgan fingerprint density at radius 3 is 1.36 bits per heavy atom. The molecule has 1 amide bonds. The number of carbonyl (C=O) groups excluding carboxylic acids is 1. The van der Waals surface area contributed by atoms with Gasteiger partial charge in [-0.05, 0) is 70.6 Å². The molecular formula is C50H96N2O6P+. The SMILES string of the molecule is CCCCCCCCCC/C=C\CCCCCCCCCC(=O)NC(COP(=O)(O)OCC[N+](C)(C)C)C(O)/C=C/CC/C=C/CC/C=C/CCCCCCCCCC. The van der Waals surface area contributed by atoms with Gasteiger partial charge in [0.25, 0.3) is 0 Å². The minimum atomic E-state index is -4.35. The number of phosphoric acid groups is 1. The van der Waals surface area contributed by atoms with Crippen molar-refractivity contribution in [3.8, 4) is 0 Å².